The second-order valence-corrected chi connectivity index (χ2v) is 9.46. The third-order valence-electron chi connectivity index (χ3n) is 4.88. The van der Waals surface area contributed by atoms with E-state index in [1.165, 1.54) is 23.1 Å². The maximum atomic E-state index is 12.8. The maximum absolute atomic E-state index is 12.8. The number of aryl methyl sites for hydroxylation is 1. The largest absolute Gasteiger partial charge is 0.494 e. The molecule has 1 unspecified atom stereocenters. The zero-order valence-electron chi connectivity index (χ0n) is 18.0. The zero-order valence-corrected chi connectivity index (χ0v) is 19.6. The molecule has 2 N–H and O–H groups in total. The first-order valence-corrected chi connectivity index (χ1v) is 12.0. The van der Waals surface area contributed by atoms with E-state index in [9.17, 15) is 9.59 Å². The topological polar surface area (TPSA) is 84.1 Å². The second-order valence-electron chi connectivity index (χ2n) is 7.27. The Hall–Kier alpha value is -3.10. The third kappa shape index (κ3) is 4.87. The van der Waals surface area contributed by atoms with Crippen molar-refractivity contribution in [2.45, 2.75) is 31.2 Å². The van der Waals surface area contributed by atoms with E-state index in [-0.39, 0.29) is 11.5 Å². The average molecular weight is 466 g/mol. The van der Waals surface area contributed by atoms with E-state index in [0.29, 0.717) is 27.7 Å². The molecule has 0 aliphatic carbocycles. The highest BCUT2D eigenvalue weighted by Crippen LogP contribution is 2.32. The van der Waals surface area contributed by atoms with E-state index >= 15 is 0 Å². The summed E-state index contributed by atoms with van der Waals surface area (Å²) in [6.07, 6.45) is 0. The molecule has 2 aromatic carbocycles. The Balaban J connectivity index is 1.49. The van der Waals surface area contributed by atoms with Crippen LogP contribution in [0.3, 0.4) is 0 Å². The first kappa shape index (κ1) is 22.1. The number of aromatic amines is 1. The summed E-state index contributed by atoms with van der Waals surface area (Å²) in [7, 11) is 0. The van der Waals surface area contributed by atoms with Crippen molar-refractivity contribution in [3.8, 4) is 16.9 Å². The number of H-pyrrole nitrogens is 1. The van der Waals surface area contributed by atoms with Crippen LogP contribution in [0.2, 0.25) is 0 Å². The Kier molecular flexibility index (Phi) is 6.62. The molecular formula is C24H23N3O3S2. The van der Waals surface area contributed by atoms with Gasteiger partial charge in [-0.3, -0.25) is 9.59 Å². The molecule has 0 spiro atoms. The number of aromatic nitrogens is 2. The minimum atomic E-state index is -0.446. The molecule has 1 amide bonds. The Morgan fingerprint density at radius 2 is 1.91 bits per heavy atom. The van der Waals surface area contributed by atoms with E-state index in [1.807, 2.05) is 55.6 Å². The van der Waals surface area contributed by atoms with Crippen LogP contribution < -0.4 is 15.6 Å². The molecule has 0 saturated carbocycles. The summed E-state index contributed by atoms with van der Waals surface area (Å²) in [6, 6.07) is 15.3. The van der Waals surface area contributed by atoms with E-state index < -0.39 is 5.25 Å². The molecule has 164 valence electrons. The molecule has 0 saturated heterocycles. The van der Waals surface area contributed by atoms with E-state index in [2.05, 4.69) is 15.3 Å². The molecular weight excluding hydrogens is 442 g/mol. The van der Waals surface area contributed by atoms with Crippen molar-refractivity contribution in [3.05, 3.63) is 69.8 Å². The van der Waals surface area contributed by atoms with Gasteiger partial charge >= 0.3 is 0 Å². The Bertz CT molecular complexity index is 1300. The first-order valence-electron chi connectivity index (χ1n) is 10.2. The fraction of sp³-hybridized carbons (Fsp3) is 0.208. The van der Waals surface area contributed by atoms with Crippen LogP contribution in [0.4, 0.5) is 5.69 Å². The van der Waals surface area contributed by atoms with Crippen LogP contribution >= 0.6 is 23.1 Å². The van der Waals surface area contributed by atoms with Crippen LogP contribution in [0.1, 0.15) is 19.4 Å². The van der Waals surface area contributed by atoms with Crippen molar-refractivity contribution in [2.24, 2.45) is 0 Å². The minimum Gasteiger partial charge on any atom is -0.494 e. The number of amides is 1. The first-order chi connectivity index (χ1) is 15.4. The quantitative estimate of drug-likeness (QED) is 0.279. The summed E-state index contributed by atoms with van der Waals surface area (Å²) >= 11 is 2.65. The van der Waals surface area contributed by atoms with E-state index in [0.717, 1.165) is 22.4 Å². The average Bonchev–Trinajstić information content (AvgIpc) is 3.20. The zero-order chi connectivity index (χ0) is 22.7. The van der Waals surface area contributed by atoms with Gasteiger partial charge in [0, 0.05) is 16.6 Å². The molecule has 0 radical (unpaired) electrons. The van der Waals surface area contributed by atoms with Crippen LogP contribution in [0.25, 0.3) is 21.3 Å². The lowest BCUT2D eigenvalue weighted by Gasteiger charge is -2.12. The highest BCUT2D eigenvalue weighted by atomic mass is 32.2. The molecule has 8 heteroatoms. The Labute approximate surface area is 194 Å². The summed E-state index contributed by atoms with van der Waals surface area (Å²) in [6.45, 7) is 6.32. The Morgan fingerprint density at radius 1 is 1.19 bits per heavy atom. The van der Waals surface area contributed by atoms with Gasteiger partial charge in [0.05, 0.1) is 17.2 Å². The van der Waals surface area contributed by atoms with Crippen molar-refractivity contribution >= 4 is 44.9 Å². The smallest absolute Gasteiger partial charge is 0.260 e. The number of carbonyl (C=O) groups is 1. The van der Waals surface area contributed by atoms with Gasteiger partial charge in [-0.15, -0.1) is 11.3 Å². The van der Waals surface area contributed by atoms with Gasteiger partial charge < -0.3 is 15.0 Å². The van der Waals surface area contributed by atoms with Gasteiger partial charge in [0.2, 0.25) is 5.91 Å². The number of ether oxygens (including phenoxy) is 1. The molecule has 1 atom stereocenters. The lowest BCUT2D eigenvalue weighted by Crippen LogP contribution is -2.23. The number of nitrogens with zero attached hydrogens (tertiary/aromatic N) is 1. The van der Waals surface area contributed by atoms with Gasteiger partial charge in [-0.1, -0.05) is 41.6 Å². The molecule has 6 nitrogen and oxygen atoms in total. The van der Waals surface area contributed by atoms with Crippen molar-refractivity contribution in [1.29, 1.82) is 0 Å². The van der Waals surface area contributed by atoms with E-state index in [4.69, 9.17) is 4.74 Å². The predicted octanol–water partition coefficient (Wildman–Crippen LogP) is 5.48. The number of benzene rings is 2. The third-order valence-corrected chi connectivity index (χ3v) is 6.73. The maximum Gasteiger partial charge on any atom is 0.260 e. The monoisotopic (exact) mass is 465 g/mol. The number of rotatable bonds is 7. The fourth-order valence-corrected chi connectivity index (χ4v) is 5.00. The van der Waals surface area contributed by atoms with Gasteiger partial charge in [-0.05, 0) is 50.6 Å². The van der Waals surface area contributed by atoms with Gasteiger partial charge in [-0.2, -0.15) is 0 Å². The Morgan fingerprint density at radius 3 is 2.59 bits per heavy atom. The van der Waals surface area contributed by atoms with Crippen molar-refractivity contribution < 1.29 is 9.53 Å². The predicted molar refractivity (Wildman–Crippen MR) is 132 cm³/mol. The van der Waals surface area contributed by atoms with Crippen LogP contribution in [-0.2, 0) is 4.79 Å². The molecule has 2 heterocycles. The van der Waals surface area contributed by atoms with Crippen molar-refractivity contribution in [3.63, 3.8) is 0 Å². The van der Waals surface area contributed by atoms with Gasteiger partial charge in [0.1, 0.15) is 10.6 Å². The SMILES string of the molecule is CCOc1ccc(NC(=O)C(C)Sc2nc3scc(-c4ccc(C)cc4)c3c(=O)[nH]2)cc1. The number of hydrogen-bond acceptors (Lipinski definition) is 6. The second kappa shape index (κ2) is 9.58. The summed E-state index contributed by atoms with van der Waals surface area (Å²) in [5.41, 5.74) is 3.50. The fourth-order valence-electron chi connectivity index (χ4n) is 3.20. The number of nitrogens with one attached hydrogen (secondary N) is 2. The summed E-state index contributed by atoms with van der Waals surface area (Å²) in [5, 5.41) is 5.39. The summed E-state index contributed by atoms with van der Waals surface area (Å²) in [5.74, 6) is 0.581. The standard InChI is InChI=1S/C24H23N3O3S2/c1-4-30-18-11-9-17(10-12-18)25-21(28)15(3)32-24-26-22(29)20-19(13-31-23(20)27-24)16-7-5-14(2)6-8-16/h5-13,15H,4H2,1-3H3,(H,25,28)(H,26,27,29). The van der Waals surface area contributed by atoms with Crippen LogP contribution in [0.5, 0.6) is 5.75 Å². The van der Waals surface area contributed by atoms with Gasteiger partial charge in [-0.25, -0.2) is 4.98 Å². The van der Waals surface area contributed by atoms with Gasteiger partial charge in [0.25, 0.3) is 5.56 Å². The van der Waals surface area contributed by atoms with Crippen molar-refractivity contribution in [2.75, 3.05) is 11.9 Å². The number of thioether (sulfide) groups is 1. The highest BCUT2D eigenvalue weighted by molar-refractivity contribution is 8.00. The molecule has 0 aliphatic heterocycles. The molecule has 4 aromatic rings. The number of hydrogen-bond donors (Lipinski definition) is 2. The molecule has 0 bridgehead atoms. The minimum absolute atomic E-state index is 0.173. The van der Waals surface area contributed by atoms with Crippen LogP contribution in [-0.4, -0.2) is 27.7 Å². The molecule has 0 fully saturated rings. The molecule has 32 heavy (non-hydrogen) atoms. The number of fused-ring (bicyclic) bond motifs is 1. The van der Waals surface area contributed by atoms with Crippen molar-refractivity contribution in [1.82, 2.24) is 9.97 Å². The molecule has 2 aromatic heterocycles. The molecule has 0 aliphatic rings. The number of thiophene rings is 1. The summed E-state index contributed by atoms with van der Waals surface area (Å²) < 4.78 is 5.42. The number of carbonyl (C=O) groups excluding carboxylic acids is 1. The van der Waals surface area contributed by atoms with E-state index in [1.54, 1.807) is 19.1 Å². The lowest BCUT2D eigenvalue weighted by atomic mass is 10.1. The number of anilines is 1. The normalized spacial score (nSPS) is 12.0. The van der Waals surface area contributed by atoms with Gasteiger partial charge in [0.15, 0.2) is 5.16 Å². The highest BCUT2D eigenvalue weighted by Gasteiger charge is 2.18. The van der Waals surface area contributed by atoms with Crippen LogP contribution in [0.15, 0.2) is 63.9 Å². The van der Waals surface area contributed by atoms with Crippen LogP contribution in [0, 0.1) is 6.92 Å². The molecule has 4 rings (SSSR count). The lowest BCUT2D eigenvalue weighted by molar-refractivity contribution is -0.115. The summed E-state index contributed by atoms with van der Waals surface area (Å²) in [4.78, 5) is 33.5.